The first kappa shape index (κ1) is 10.6. The topological polar surface area (TPSA) is 35.2 Å². The van der Waals surface area contributed by atoms with E-state index in [9.17, 15) is 8.78 Å². The summed E-state index contributed by atoms with van der Waals surface area (Å²) >= 11 is 2.88. The van der Waals surface area contributed by atoms with E-state index in [1.54, 1.807) is 0 Å². The lowest BCUT2D eigenvalue weighted by Crippen LogP contribution is -2.06. The summed E-state index contributed by atoms with van der Waals surface area (Å²) in [4.78, 5) is 4.27. The highest BCUT2D eigenvalue weighted by molar-refractivity contribution is 9.10. The van der Waals surface area contributed by atoms with Gasteiger partial charge in [-0.1, -0.05) is 6.07 Å². The minimum absolute atomic E-state index is 0.113. The molecule has 0 saturated heterocycles. The first-order valence-corrected chi connectivity index (χ1v) is 4.40. The van der Waals surface area contributed by atoms with Gasteiger partial charge in [-0.3, -0.25) is 0 Å². The van der Waals surface area contributed by atoms with Gasteiger partial charge in [0.2, 0.25) is 0 Å². The molecule has 0 aliphatic rings. The molecule has 0 fully saturated rings. The van der Waals surface area contributed by atoms with E-state index >= 15 is 0 Å². The molecule has 0 amide bonds. The Balaban J connectivity index is 2.90. The highest BCUT2D eigenvalue weighted by atomic mass is 79.9. The molecule has 5 heteroatoms. The molecule has 0 radical (unpaired) electrons. The molecule has 0 atom stereocenters. The van der Waals surface area contributed by atoms with Crippen LogP contribution in [-0.4, -0.2) is 6.61 Å². The lowest BCUT2D eigenvalue weighted by Gasteiger charge is -2.03. The van der Waals surface area contributed by atoms with E-state index in [-0.39, 0.29) is 23.1 Å². The molecule has 0 bridgehead atoms. The Labute approximate surface area is 82.8 Å². The third kappa shape index (κ3) is 2.46. The van der Waals surface area contributed by atoms with Gasteiger partial charge in [0.25, 0.3) is 0 Å². The van der Waals surface area contributed by atoms with Crippen LogP contribution in [0.3, 0.4) is 0 Å². The van der Waals surface area contributed by atoms with E-state index < -0.39 is 11.6 Å². The van der Waals surface area contributed by atoms with Gasteiger partial charge in [0.1, 0.15) is 0 Å². The minimum Gasteiger partial charge on any atom is -0.304 e. The second-order valence-corrected chi connectivity index (χ2v) is 3.31. The van der Waals surface area contributed by atoms with Gasteiger partial charge in [-0.25, -0.2) is 14.7 Å². The molecule has 72 valence electrons. The fraction of sp³-hybridized carbons (Fsp3) is 0.250. The summed E-state index contributed by atoms with van der Waals surface area (Å²) in [5, 5.41) is 0. The van der Waals surface area contributed by atoms with E-state index in [0.717, 1.165) is 0 Å². The second-order valence-electron chi connectivity index (χ2n) is 2.46. The molecule has 2 nitrogen and oxygen atoms in total. The first-order valence-electron chi connectivity index (χ1n) is 3.61. The third-order valence-corrected chi connectivity index (χ3v) is 2.22. The lowest BCUT2D eigenvalue weighted by atomic mass is 10.1. The molecule has 0 heterocycles. The van der Waals surface area contributed by atoms with Crippen molar-refractivity contribution in [2.45, 2.75) is 6.42 Å². The Morgan fingerprint density at radius 2 is 2.00 bits per heavy atom. The van der Waals surface area contributed by atoms with Gasteiger partial charge in [0.15, 0.2) is 11.6 Å². The number of nitrogens with two attached hydrogens (primary N) is 1. The fourth-order valence-corrected chi connectivity index (χ4v) is 1.23. The van der Waals surface area contributed by atoms with Crippen molar-refractivity contribution in [1.29, 1.82) is 0 Å². The smallest absolute Gasteiger partial charge is 0.173 e. The summed E-state index contributed by atoms with van der Waals surface area (Å²) in [6.45, 7) is 0.165. The summed E-state index contributed by atoms with van der Waals surface area (Å²) in [6.07, 6.45) is 0.256. The summed E-state index contributed by atoms with van der Waals surface area (Å²) in [7, 11) is 0. The highest BCUT2D eigenvalue weighted by Crippen LogP contribution is 2.21. The number of hydrogen-bond donors (Lipinski definition) is 1. The first-order chi connectivity index (χ1) is 6.16. The maximum atomic E-state index is 13.1. The second kappa shape index (κ2) is 4.64. The van der Waals surface area contributed by atoms with E-state index in [0.29, 0.717) is 0 Å². The van der Waals surface area contributed by atoms with Crippen LogP contribution in [0.1, 0.15) is 5.56 Å². The van der Waals surface area contributed by atoms with Crippen molar-refractivity contribution in [3.05, 3.63) is 33.8 Å². The molecule has 0 saturated carbocycles. The van der Waals surface area contributed by atoms with Crippen molar-refractivity contribution in [3.63, 3.8) is 0 Å². The van der Waals surface area contributed by atoms with Crippen LogP contribution < -0.4 is 5.90 Å². The van der Waals surface area contributed by atoms with Gasteiger partial charge in [0, 0.05) is 6.42 Å². The van der Waals surface area contributed by atoms with Crippen molar-refractivity contribution >= 4 is 15.9 Å². The maximum absolute atomic E-state index is 13.1. The standard InChI is InChI=1S/C8H8BrF2NO/c9-6-2-1-5(3-4-13-12)7(10)8(6)11/h1-2H,3-4,12H2. The zero-order valence-electron chi connectivity index (χ0n) is 6.69. The number of hydrogen-bond acceptors (Lipinski definition) is 2. The zero-order chi connectivity index (χ0) is 9.84. The zero-order valence-corrected chi connectivity index (χ0v) is 8.27. The molecule has 0 spiro atoms. The largest absolute Gasteiger partial charge is 0.304 e. The molecule has 0 aliphatic carbocycles. The monoisotopic (exact) mass is 251 g/mol. The molecule has 1 aromatic rings. The van der Waals surface area contributed by atoms with Crippen LogP contribution in [0.4, 0.5) is 8.78 Å². The van der Waals surface area contributed by atoms with Crippen molar-refractivity contribution in [2.24, 2.45) is 5.90 Å². The molecule has 0 aliphatic heterocycles. The highest BCUT2D eigenvalue weighted by Gasteiger charge is 2.10. The minimum atomic E-state index is -0.880. The van der Waals surface area contributed by atoms with Crippen LogP contribution in [0.15, 0.2) is 16.6 Å². The number of rotatable bonds is 3. The number of halogens is 3. The quantitative estimate of drug-likeness (QED) is 0.660. The molecule has 13 heavy (non-hydrogen) atoms. The van der Waals surface area contributed by atoms with Gasteiger partial charge in [-0.15, -0.1) is 0 Å². The maximum Gasteiger partial charge on any atom is 0.173 e. The van der Waals surface area contributed by atoms with E-state index in [1.165, 1.54) is 12.1 Å². The van der Waals surface area contributed by atoms with Gasteiger partial charge >= 0.3 is 0 Å². The normalized spacial score (nSPS) is 10.5. The molecule has 0 aromatic heterocycles. The van der Waals surface area contributed by atoms with Crippen LogP contribution in [0.25, 0.3) is 0 Å². The van der Waals surface area contributed by atoms with E-state index in [4.69, 9.17) is 5.90 Å². The van der Waals surface area contributed by atoms with Crippen molar-refractivity contribution < 1.29 is 13.6 Å². The van der Waals surface area contributed by atoms with Crippen molar-refractivity contribution in [1.82, 2.24) is 0 Å². The Morgan fingerprint density at radius 3 is 2.62 bits per heavy atom. The lowest BCUT2D eigenvalue weighted by molar-refractivity contribution is 0.140. The Kier molecular flexibility index (Phi) is 3.77. The van der Waals surface area contributed by atoms with Crippen LogP contribution >= 0.6 is 15.9 Å². The van der Waals surface area contributed by atoms with Gasteiger partial charge in [-0.05, 0) is 27.6 Å². The number of benzene rings is 1. The Morgan fingerprint density at radius 1 is 1.31 bits per heavy atom. The average Bonchev–Trinajstić information content (AvgIpc) is 2.13. The van der Waals surface area contributed by atoms with Crippen molar-refractivity contribution in [2.75, 3.05) is 6.61 Å². The molecule has 0 unspecified atom stereocenters. The molecular weight excluding hydrogens is 244 g/mol. The van der Waals surface area contributed by atoms with Crippen LogP contribution in [0.2, 0.25) is 0 Å². The Hall–Kier alpha value is -0.520. The molecule has 1 aromatic carbocycles. The van der Waals surface area contributed by atoms with Gasteiger partial charge in [0.05, 0.1) is 11.1 Å². The van der Waals surface area contributed by atoms with Gasteiger partial charge < -0.3 is 4.84 Å². The van der Waals surface area contributed by atoms with Crippen LogP contribution in [0, 0.1) is 11.6 Å². The van der Waals surface area contributed by atoms with Crippen LogP contribution in [-0.2, 0) is 11.3 Å². The summed E-state index contributed by atoms with van der Waals surface area (Å²) < 4.78 is 26.1. The van der Waals surface area contributed by atoms with E-state index in [2.05, 4.69) is 20.8 Å². The predicted molar refractivity (Wildman–Crippen MR) is 47.9 cm³/mol. The summed E-state index contributed by atoms with van der Waals surface area (Å²) in [5.74, 6) is 3.03. The molecular formula is C8H8BrF2NO. The summed E-state index contributed by atoms with van der Waals surface area (Å²) in [5.41, 5.74) is 0.256. The average molecular weight is 252 g/mol. The van der Waals surface area contributed by atoms with E-state index in [1.807, 2.05) is 0 Å². The SMILES string of the molecule is NOCCc1ccc(Br)c(F)c1F. The van der Waals surface area contributed by atoms with Crippen molar-refractivity contribution in [3.8, 4) is 0 Å². The van der Waals surface area contributed by atoms with Crippen LogP contribution in [0.5, 0.6) is 0 Å². The predicted octanol–water partition coefficient (Wildman–Crippen LogP) is 2.16. The summed E-state index contributed by atoms with van der Waals surface area (Å²) in [6, 6.07) is 2.94. The molecule has 2 N–H and O–H groups in total. The van der Waals surface area contributed by atoms with Gasteiger partial charge in [-0.2, -0.15) is 0 Å². The Bertz CT molecular complexity index is 306. The molecule has 1 rings (SSSR count). The third-order valence-electron chi connectivity index (χ3n) is 1.60. The fourth-order valence-electron chi connectivity index (χ4n) is 0.928.